The van der Waals surface area contributed by atoms with Gasteiger partial charge in [-0.05, 0) is 66.6 Å². The molecule has 148 valence electrons. The lowest BCUT2D eigenvalue weighted by Crippen LogP contribution is -2.22. The summed E-state index contributed by atoms with van der Waals surface area (Å²) in [4.78, 5) is 16.7. The predicted octanol–water partition coefficient (Wildman–Crippen LogP) is 4.14. The van der Waals surface area contributed by atoms with Gasteiger partial charge in [0.2, 0.25) is 5.88 Å². The zero-order valence-electron chi connectivity index (χ0n) is 16.2. The molecule has 1 aliphatic heterocycles. The number of carbonyl (C=O) groups is 1. The van der Waals surface area contributed by atoms with E-state index in [0.29, 0.717) is 37.0 Å². The normalized spacial score (nSPS) is 12.0. The molecule has 0 aliphatic carbocycles. The van der Waals surface area contributed by atoms with E-state index >= 15 is 0 Å². The molecule has 29 heavy (non-hydrogen) atoms. The molecular weight excluding hydrogens is 368 g/mol. The smallest absolute Gasteiger partial charge is 0.251 e. The van der Waals surface area contributed by atoms with E-state index in [4.69, 9.17) is 14.2 Å². The first-order valence-electron chi connectivity index (χ1n) is 9.61. The molecule has 0 spiro atoms. The molecule has 6 nitrogen and oxygen atoms in total. The molecule has 1 N–H and O–H groups in total. The summed E-state index contributed by atoms with van der Waals surface area (Å²) in [6, 6.07) is 16.6. The number of nitrogens with zero attached hydrogens (tertiary/aromatic N) is 1. The molecule has 0 radical (unpaired) electrons. The van der Waals surface area contributed by atoms with Crippen LogP contribution in [-0.2, 0) is 13.0 Å². The van der Waals surface area contributed by atoms with Crippen molar-refractivity contribution in [2.24, 2.45) is 0 Å². The van der Waals surface area contributed by atoms with E-state index in [0.717, 1.165) is 29.0 Å². The van der Waals surface area contributed by atoms with Gasteiger partial charge in [0.1, 0.15) is 17.2 Å². The average molecular weight is 390 g/mol. The Morgan fingerprint density at radius 3 is 2.76 bits per heavy atom. The second-order valence-corrected chi connectivity index (χ2v) is 6.61. The molecule has 4 rings (SSSR count). The lowest BCUT2D eigenvalue weighted by Gasteiger charge is -2.09. The van der Waals surface area contributed by atoms with Crippen LogP contribution in [0.15, 0.2) is 60.8 Å². The van der Waals surface area contributed by atoms with E-state index in [1.54, 1.807) is 12.3 Å². The Labute approximate surface area is 169 Å². The number of benzene rings is 2. The monoisotopic (exact) mass is 390 g/mol. The van der Waals surface area contributed by atoms with E-state index in [1.165, 1.54) is 0 Å². The van der Waals surface area contributed by atoms with Crippen LogP contribution in [0, 0.1) is 0 Å². The summed E-state index contributed by atoms with van der Waals surface area (Å²) in [5.74, 6) is 2.68. The maximum absolute atomic E-state index is 12.5. The highest BCUT2D eigenvalue weighted by atomic mass is 16.5. The standard InChI is InChI=1S/C23H22N2O4/c1-2-27-19-4-6-20(7-5-19)29-22-13-16(9-11-24-22)15-25-23(26)18-3-8-21-17(14-18)10-12-28-21/h3-9,11,13-14H,2,10,12,15H2,1H3,(H,25,26). The molecule has 2 aromatic carbocycles. The zero-order valence-corrected chi connectivity index (χ0v) is 16.2. The highest BCUT2D eigenvalue weighted by Crippen LogP contribution is 2.26. The van der Waals surface area contributed by atoms with Gasteiger partial charge in [-0.25, -0.2) is 4.98 Å². The first kappa shape index (κ1) is 18.8. The van der Waals surface area contributed by atoms with Gasteiger partial charge >= 0.3 is 0 Å². The van der Waals surface area contributed by atoms with Crippen LogP contribution in [0.25, 0.3) is 0 Å². The largest absolute Gasteiger partial charge is 0.494 e. The van der Waals surface area contributed by atoms with Crippen molar-refractivity contribution in [3.8, 4) is 23.1 Å². The van der Waals surface area contributed by atoms with E-state index in [2.05, 4.69) is 10.3 Å². The Morgan fingerprint density at radius 1 is 1.10 bits per heavy atom. The highest BCUT2D eigenvalue weighted by molar-refractivity contribution is 5.94. The molecule has 0 atom stereocenters. The molecule has 0 bridgehead atoms. The Kier molecular flexibility index (Phi) is 5.61. The summed E-state index contributed by atoms with van der Waals surface area (Å²) in [7, 11) is 0. The van der Waals surface area contributed by atoms with Gasteiger partial charge in [0.15, 0.2) is 0 Å². The number of aromatic nitrogens is 1. The van der Waals surface area contributed by atoms with Crippen molar-refractivity contribution in [1.29, 1.82) is 0 Å². The Hall–Kier alpha value is -3.54. The molecule has 2 heterocycles. The maximum atomic E-state index is 12.5. The minimum Gasteiger partial charge on any atom is -0.494 e. The fourth-order valence-electron chi connectivity index (χ4n) is 3.12. The number of fused-ring (bicyclic) bond motifs is 1. The Balaban J connectivity index is 1.36. The van der Waals surface area contributed by atoms with Crippen LogP contribution in [-0.4, -0.2) is 24.1 Å². The lowest BCUT2D eigenvalue weighted by atomic mass is 10.1. The van der Waals surface area contributed by atoms with Crippen molar-refractivity contribution in [1.82, 2.24) is 10.3 Å². The third-order valence-electron chi connectivity index (χ3n) is 4.56. The van der Waals surface area contributed by atoms with Gasteiger partial charge < -0.3 is 19.5 Å². The van der Waals surface area contributed by atoms with E-state index in [1.807, 2.05) is 55.5 Å². The van der Waals surface area contributed by atoms with Crippen molar-refractivity contribution in [3.63, 3.8) is 0 Å². The molecule has 0 saturated carbocycles. The third-order valence-corrected chi connectivity index (χ3v) is 4.56. The zero-order chi connectivity index (χ0) is 20.1. The molecule has 0 fully saturated rings. The number of rotatable bonds is 7. The van der Waals surface area contributed by atoms with E-state index in [-0.39, 0.29) is 5.91 Å². The summed E-state index contributed by atoms with van der Waals surface area (Å²) < 4.78 is 16.7. The number of hydrogen-bond donors (Lipinski definition) is 1. The Bertz CT molecular complexity index is 1000. The van der Waals surface area contributed by atoms with Crippen LogP contribution in [0.1, 0.15) is 28.4 Å². The molecular formula is C23H22N2O4. The summed E-state index contributed by atoms with van der Waals surface area (Å²) >= 11 is 0. The molecule has 0 unspecified atom stereocenters. The molecule has 1 aromatic heterocycles. The van der Waals surface area contributed by atoms with Crippen molar-refractivity contribution < 1.29 is 19.0 Å². The van der Waals surface area contributed by atoms with Gasteiger partial charge in [0.05, 0.1) is 13.2 Å². The van der Waals surface area contributed by atoms with Crippen LogP contribution in [0.2, 0.25) is 0 Å². The van der Waals surface area contributed by atoms with Gasteiger partial charge in [-0.1, -0.05) is 0 Å². The second-order valence-electron chi connectivity index (χ2n) is 6.61. The SMILES string of the molecule is CCOc1ccc(Oc2cc(CNC(=O)c3ccc4c(c3)CCO4)ccn2)cc1. The summed E-state index contributed by atoms with van der Waals surface area (Å²) in [5, 5.41) is 2.94. The van der Waals surface area contributed by atoms with Gasteiger partial charge in [-0.15, -0.1) is 0 Å². The van der Waals surface area contributed by atoms with Gasteiger partial charge in [-0.2, -0.15) is 0 Å². The van der Waals surface area contributed by atoms with Crippen molar-refractivity contribution in [3.05, 3.63) is 77.5 Å². The molecule has 6 heteroatoms. The number of pyridine rings is 1. The number of hydrogen-bond acceptors (Lipinski definition) is 5. The molecule has 0 saturated heterocycles. The number of nitrogens with one attached hydrogen (secondary N) is 1. The topological polar surface area (TPSA) is 69.7 Å². The van der Waals surface area contributed by atoms with Crippen LogP contribution in [0.4, 0.5) is 0 Å². The highest BCUT2D eigenvalue weighted by Gasteiger charge is 2.15. The van der Waals surface area contributed by atoms with E-state index < -0.39 is 0 Å². The summed E-state index contributed by atoms with van der Waals surface area (Å²) in [5.41, 5.74) is 2.61. The predicted molar refractivity (Wildman–Crippen MR) is 109 cm³/mol. The summed E-state index contributed by atoms with van der Waals surface area (Å²) in [6.45, 7) is 3.62. The Morgan fingerprint density at radius 2 is 1.93 bits per heavy atom. The fraction of sp³-hybridized carbons (Fsp3) is 0.217. The van der Waals surface area contributed by atoms with E-state index in [9.17, 15) is 4.79 Å². The molecule has 1 aliphatic rings. The quantitative estimate of drug-likeness (QED) is 0.657. The number of carbonyl (C=O) groups excluding carboxylic acids is 1. The van der Waals surface area contributed by atoms with Crippen molar-refractivity contribution in [2.75, 3.05) is 13.2 Å². The van der Waals surface area contributed by atoms with Crippen molar-refractivity contribution >= 4 is 5.91 Å². The maximum Gasteiger partial charge on any atom is 0.251 e. The average Bonchev–Trinajstić information content (AvgIpc) is 3.22. The summed E-state index contributed by atoms with van der Waals surface area (Å²) in [6.07, 6.45) is 2.51. The first-order chi connectivity index (χ1) is 14.2. The lowest BCUT2D eigenvalue weighted by molar-refractivity contribution is 0.0950. The third kappa shape index (κ3) is 4.66. The van der Waals surface area contributed by atoms with Crippen LogP contribution in [0.3, 0.4) is 0 Å². The fourth-order valence-corrected chi connectivity index (χ4v) is 3.12. The number of ether oxygens (including phenoxy) is 3. The number of amides is 1. The minimum absolute atomic E-state index is 0.120. The van der Waals surface area contributed by atoms with Crippen LogP contribution < -0.4 is 19.5 Å². The van der Waals surface area contributed by atoms with Gasteiger partial charge in [0, 0.05) is 30.8 Å². The first-order valence-corrected chi connectivity index (χ1v) is 9.61. The van der Waals surface area contributed by atoms with Crippen LogP contribution in [0.5, 0.6) is 23.1 Å². The molecule has 3 aromatic rings. The van der Waals surface area contributed by atoms with Crippen molar-refractivity contribution in [2.45, 2.75) is 19.9 Å². The van der Waals surface area contributed by atoms with Gasteiger partial charge in [-0.3, -0.25) is 4.79 Å². The minimum atomic E-state index is -0.120. The molecule has 1 amide bonds. The second kappa shape index (κ2) is 8.65. The van der Waals surface area contributed by atoms with Crippen LogP contribution >= 0.6 is 0 Å². The van der Waals surface area contributed by atoms with Gasteiger partial charge in [0.25, 0.3) is 5.91 Å².